The lowest BCUT2D eigenvalue weighted by Crippen LogP contribution is -2.24. The molecule has 0 radical (unpaired) electrons. The van der Waals surface area contributed by atoms with Gasteiger partial charge in [0.2, 0.25) is 5.91 Å². The Morgan fingerprint density at radius 3 is 2.11 bits per heavy atom. The normalized spacial score (nSPS) is 16.5. The highest BCUT2D eigenvalue weighted by Gasteiger charge is 2.34. The van der Waals surface area contributed by atoms with Crippen LogP contribution in [0.15, 0.2) is 12.1 Å². The Labute approximate surface area is 111 Å². The zero-order valence-electron chi connectivity index (χ0n) is 9.02. The minimum atomic E-state index is -4.51. The van der Waals surface area contributed by atoms with Crippen LogP contribution in [0.25, 0.3) is 0 Å². The fraction of sp³-hybridized carbons (Fsp3) is 0.364. The second-order valence-corrected chi connectivity index (χ2v) is 4.75. The molecular formula is C11H8Cl2F3NO. The topological polar surface area (TPSA) is 20.3 Å². The Balaban J connectivity index is 2.48. The Kier molecular flexibility index (Phi) is 3.47. The van der Waals surface area contributed by atoms with Gasteiger partial charge in [-0.15, -0.1) is 0 Å². The molecule has 2 nitrogen and oxygen atoms in total. The third-order valence-electron chi connectivity index (χ3n) is 2.69. The van der Waals surface area contributed by atoms with Crippen molar-refractivity contribution in [3.05, 3.63) is 27.7 Å². The lowest BCUT2D eigenvalue weighted by molar-refractivity contribution is -0.137. The van der Waals surface area contributed by atoms with Gasteiger partial charge in [0.1, 0.15) is 0 Å². The fourth-order valence-corrected chi connectivity index (χ4v) is 2.56. The second kappa shape index (κ2) is 4.63. The molecule has 98 valence electrons. The summed E-state index contributed by atoms with van der Waals surface area (Å²) in [7, 11) is 0. The molecule has 0 atom stereocenters. The molecule has 0 unspecified atom stereocenters. The first-order chi connectivity index (χ1) is 8.30. The SMILES string of the molecule is O=C1CCCN1c1c(Cl)cc(C(F)(F)F)cc1Cl. The summed E-state index contributed by atoms with van der Waals surface area (Å²) >= 11 is 11.6. The molecule has 1 aromatic carbocycles. The zero-order chi connectivity index (χ0) is 13.5. The number of hydrogen-bond donors (Lipinski definition) is 0. The van der Waals surface area contributed by atoms with Gasteiger partial charge in [-0.1, -0.05) is 23.2 Å². The van der Waals surface area contributed by atoms with Gasteiger partial charge in [0.15, 0.2) is 0 Å². The van der Waals surface area contributed by atoms with Crippen molar-refractivity contribution in [1.29, 1.82) is 0 Å². The predicted octanol–water partition coefficient (Wildman–Crippen LogP) is 4.14. The van der Waals surface area contributed by atoms with Gasteiger partial charge < -0.3 is 4.90 Å². The molecule has 1 saturated heterocycles. The Bertz CT molecular complexity index is 479. The smallest absolute Gasteiger partial charge is 0.310 e. The Morgan fingerprint density at radius 2 is 1.72 bits per heavy atom. The highest BCUT2D eigenvalue weighted by Crippen LogP contribution is 2.41. The molecule has 1 aliphatic heterocycles. The fourth-order valence-electron chi connectivity index (χ4n) is 1.87. The van der Waals surface area contributed by atoms with Crippen LogP contribution in [0.3, 0.4) is 0 Å². The minimum absolute atomic E-state index is 0.161. The predicted molar refractivity (Wildman–Crippen MR) is 63.1 cm³/mol. The monoisotopic (exact) mass is 297 g/mol. The molecule has 1 heterocycles. The van der Waals surface area contributed by atoms with Crippen molar-refractivity contribution in [2.24, 2.45) is 0 Å². The minimum Gasteiger partial charge on any atom is -0.310 e. The first kappa shape index (κ1) is 13.5. The van der Waals surface area contributed by atoms with Crippen LogP contribution >= 0.6 is 23.2 Å². The molecule has 1 aliphatic rings. The molecule has 0 N–H and O–H groups in total. The highest BCUT2D eigenvalue weighted by molar-refractivity contribution is 6.40. The van der Waals surface area contributed by atoms with Crippen LogP contribution in [0.2, 0.25) is 10.0 Å². The van der Waals surface area contributed by atoms with E-state index in [-0.39, 0.29) is 21.6 Å². The summed E-state index contributed by atoms with van der Waals surface area (Å²) in [5.41, 5.74) is -0.762. The quantitative estimate of drug-likeness (QED) is 0.763. The number of nitrogens with zero attached hydrogens (tertiary/aromatic N) is 1. The summed E-state index contributed by atoms with van der Waals surface area (Å²) < 4.78 is 37.6. The maximum absolute atomic E-state index is 12.5. The molecular weight excluding hydrogens is 290 g/mol. The van der Waals surface area contributed by atoms with Crippen LogP contribution in [0.1, 0.15) is 18.4 Å². The molecule has 18 heavy (non-hydrogen) atoms. The lowest BCUT2D eigenvalue weighted by Gasteiger charge is -2.20. The van der Waals surface area contributed by atoms with Crippen molar-refractivity contribution < 1.29 is 18.0 Å². The van der Waals surface area contributed by atoms with Crippen molar-refractivity contribution >= 4 is 34.8 Å². The average Bonchev–Trinajstić information content (AvgIpc) is 2.62. The molecule has 1 aromatic rings. The van der Waals surface area contributed by atoms with Gasteiger partial charge in [0.05, 0.1) is 21.3 Å². The van der Waals surface area contributed by atoms with Crippen molar-refractivity contribution in [3.8, 4) is 0 Å². The van der Waals surface area contributed by atoms with E-state index in [0.29, 0.717) is 19.4 Å². The second-order valence-electron chi connectivity index (χ2n) is 3.94. The van der Waals surface area contributed by atoms with E-state index < -0.39 is 11.7 Å². The lowest BCUT2D eigenvalue weighted by atomic mass is 10.2. The summed E-state index contributed by atoms with van der Waals surface area (Å²) in [6, 6.07) is 1.57. The maximum atomic E-state index is 12.5. The van der Waals surface area contributed by atoms with Crippen LogP contribution in [0.5, 0.6) is 0 Å². The maximum Gasteiger partial charge on any atom is 0.416 e. The number of carbonyl (C=O) groups is 1. The molecule has 0 bridgehead atoms. The van der Waals surface area contributed by atoms with Crippen LogP contribution in [0, 0.1) is 0 Å². The van der Waals surface area contributed by atoms with Gasteiger partial charge in [-0.3, -0.25) is 4.79 Å². The number of halogens is 5. The molecule has 1 amide bonds. The van der Waals surface area contributed by atoms with E-state index in [9.17, 15) is 18.0 Å². The molecule has 7 heteroatoms. The Hall–Kier alpha value is -0.940. The number of anilines is 1. The van der Waals surface area contributed by atoms with Gasteiger partial charge in [-0.05, 0) is 18.6 Å². The van der Waals surface area contributed by atoms with Crippen molar-refractivity contribution in [2.45, 2.75) is 19.0 Å². The standard InChI is InChI=1S/C11H8Cl2F3NO/c12-7-4-6(11(14,15)16)5-8(13)10(7)17-3-1-2-9(17)18/h4-5H,1-3H2. The molecule has 0 saturated carbocycles. The van der Waals surface area contributed by atoms with Crippen LogP contribution in [-0.4, -0.2) is 12.5 Å². The summed E-state index contributed by atoms with van der Waals surface area (Å²) in [6.45, 7) is 0.420. The van der Waals surface area contributed by atoms with E-state index in [2.05, 4.69) is 0 Å². The number of alkyl halides is 3. The average molecular weight is 298 g/mol. The van der Waals surface area contributed by atoms with Gasteiger partial charge in [0.25, 0.3) is 0 Å². The number of amides is 1. The Morgan fingerprint density at radius 1 is 1.17 bits per heavy atom. The highest BCUT2D eigenvalue weighted by atomic mass is 35.5. The van der Waals surface area contributed by atoms with Crippen molar-refractivity contribution in [1.82, 2.24) is 0 Å². The summed E-state index contributed by atoms with van der Waals surface area (Å²) in [6.07, 6.45) is -3.51. The summed E-state index contributed by atoms with van der Waals surface area (Å²) in [5.74, 6) is -0.182. The zero-order valence-corrected chi connectivity index (χ0v) is 10.5. The molecule has 0 spiro atoms. The van der Waals surface area contributed by atoms with E-state index in [4.69, 9.17) is 23.2 Å². The van der Waals surface area contributed by atoms with Gasteiger partial charge in [-0.2, -0.15) is 13.2 Å². The first-order valence-electron chi connectivity index (χ1n) is 5.17. The van der Waals surface area contributed by atoms with Gasteiger partial charge in [-0.25, -0.2) is 0 Å². The van der Waals surface area contributed by atoms with Crippen LogP contribution < -0.4 is 4.90 Å². The van der Waals surface area contributed by atoms with Crippen molar-refractivity contribution in [3.63, 3.8) is 0 Å². The molecule has 2 rings (SSSR count). The van der Waals surface area contributed by atoms with E-state index in [1.54, 1.807) is 0 Å². The molecule has 0 aliphatic carbocycles. The third kappa shape index (κ3) is 2.42. The number of carbonyl (C=O) groups excluding carboxylic acids is 1. The first-order valence-corrected chi connectivity index (χ1v) is 5.93. The largest absolute Gasteiger partial charge is 0.416 e. The van der Waals surface area contributed by atoms with Gasteiger partial charge >= 0.3 is 6.18 Å². The number of benzene rings is 1. The summed E-state index contributed by atoms with van der Waals surface area (Å²) in [4.78, 5) is 12.9. The van der Waals surface area contributed by atoms with Gasteiger partial charge in [0, 0.05) is 13.0 Å². The third-order valence-corrected chi connectivity index (χ3v) is 3.26. The molecule has 1 fully saturated rings. The van der Waals surface area contributed by atoms with E-state index in [1.807, 2.05) is 0 Å². The molecule has 0 aromatic heterocycles. The van der Waals surface area contributed by atoms with Crippen LogP contribution in [-0.2, 0) is 11.0 Å². The van der Waals surface area contributed by atoms with E-state index in [0.717, 1.165) is 12.1 Å². The van der Waals surface area contributed by atoms with Crippen LogP contribution in [0.4, 0.5) is 18.9 Å². The number of rotatable bonds is 1. The van der Waals surface area contributed by atoms with E-state index in [1.165, 1.54) is 4.90 Å². The van der Waals surface area contributed by atoms with E-state index >= 15 is 0 Å². The number of hydrogen-bond acceptors (Lipinski definition) is 1. The summed E-state index contributed by atoms with van der Waals surface area (Å²) in [5, 5.41) is -0.324. The van der Waals surface area contributed by atoms with Crippen molar-refractivity contribution in [2.75, 3.05) is 11.4 Å².